The first-order valence-electron chi connectivity index (χ1n) is 8.20. The van der Waals surface area contributed by atoms with Crippen molar-refractivity contribution in [3.8, 4) is 11.4 Å². The highest BCUT2D eigenvalue weighted by molar-refractivity contribution is 5.91. The van der Waals surface area contributed by atoms with E-state index in [9.17, 15) is 4.79 Å². The lowest BCUT2D eigenvalue weighted by Crippen LogP contribution is -2.17. The minimum atomic E-state index is -0.0907. The van der Waals surface area contributed by atoms with E-state index in [0.29, 0.717) is 24.7 Å². The van der Waals surface area contributed by atoms with E-state index in [0.717, 1.165) is 23.4 Å². The molecule has 0 saturated carbocycles. The summed E-state index contributed by atoms with van der Waals surface area (Å²) in [6.07, 6.45) is 3.74. The van der Waals surface area contributed by atoms with Gasteiger partial charge in [0, 0.05) is 25.1 Å². The molecule has 7 nitrogen and oxygen atoms in total. The number of hydrogen-bond donors (Lipinski definition) is 2. The quantitative estimate of drug-likeness (QED) is 0.625. The predicted octanol–water partition coefficient (Wildman–Crippen LogP) is 3.43. The van der Waals surface area contributed by atoms with Crippen molar-refractivity contribution >= 4 is 24.0 Å². The van der Waals surface area contributed by atoms with E-state index in [-0.39, 0.29) is 24.7 Å². The van der Waals surface area contributed by atoms with Gasteiger partial charge < -0.3 is 19.6 Å². The number of para-hydroxylation sites is 1. The molecular formula is C18H21ClN4O3. The van der Waals surface area contributed by atoms with Gasteiger partial charge in [-0.1, -0.05) is 30.3 Å². The molecule has 0 aliphatic carbocycles. The predicted molar refractivity (Wildman–Crippen MR) is 100 cm³/mol. The van der Waals surface area contributed by atoms with Gasteiger partial charge in [-0.25, -0.2) is 0 Å². The van der Waals surface area contributed by atoms with E-state index < -0.39 is 0 Å². The first-order chi connectivity index (χ1) is 12.3. The summed E-state index contributed by atoms with van der Waals surface area (Å²) in [6, 6.07) is 9.50. The van der Waals surface area contributed by atoms with E-state index in [4.69, 9.17) is 8.94 Å². The second-order valence-corrected chi connectivity index (χ2v) is 5.51. The van der Waals surface area contributed by atoms with Crippen molar-refractivity contribution in [1.29, 1.82) is 0 Å². The van der Waals surface area contributed by atoms with Gasteiger partial charge in [0.2, 0.25) is 17.6 Å². The van der Waals surface area contributed by atoms with Crippen molar-refractivity contribution in [1.82, 2.24) is 15.5 Å². The van der Waals surface area contributed by atoms with Crippen LogP contribution in [0, 0.1) is 0 Å². The average Bonchev–Trinajstić information content (AvgIpc) is 3.30. The van der Waals surface area contributed by atoms with Crippen LogP contribution in [0.1, 0.15) is 24.8 Å². The number of nitrogens with zero attached hydrogens (tertiary/aromatic N) is 2. The van der Waals surface area contributed by atoms with Crippen molar-refractivity contribution in [3.05, 3.63) is 54.3 Å². The summed E-state index contributed by atoms with van der Waals surface area (Å²) in [5.74, 6) is 0.791. The van der Waals surface area contributed by atoms with Crippen LogP contribution in [-0.2, 0) is 17.8 Å². The number of halogens is 1. The molecule has 0 bridgehead atoms. The Balaban J connectivity index is 0.00000243. The lowest BCUT2D eigenvalue weighted by Gasteiger charge is -2.11. The minimum absolute atomic E-state index is 0. The summed E-state index contributed by atoms with van der Waals surface area (Å²) in [5, 5.41) is 10.1. The molecule has 0 aliphatic rings. The van der Waals surface area contributed by atoms with Crippen molar-refractivity contribution in [2.45, 2.75) is 26.3 Å². The van der Waals surface area contributed by atoms with Crippen LogP contribution in [-0.4, -0.2) is 22.6 Å². The molecule has 138 valence electrons. The highest BCUT2D eigenvalue weighted by Gasteiger charge is 2.12. The van der Waals surface area contributed by atoms with Gasteiger partial charge in [-0.3, -0.25) is 4.79 Å². The topological polar surface area (TPSA) is 93.2 Å². The first kappa shape index (κ1) is 19.7. The molecule has 0 aliphatic heterocycles. The standard InChI is InChI=1S/C18H20N4O3.ClH/c1-2-19-11-13-5-3-4-6-15(13)20-16(23)7-8-17-21-18(22-25-17)14-9-10-24-12-14;/h3-6,9-10,12,19H,2,7-8,11H2,1H3,(H,20,23);1H. The Labute approximate surface area is 157 Å². The molecule has 8 heteroatoms. The zero-order valence-corrected chi connectivity index (χ0v) is 15.2. The zero-order chi connectivity index (χ0) is 17.5. The molecule has 26 heavy (non-hydrogen) atoms. The van der Waals surface area contributed by atoms with E-state index in [1.807, 2.05) is 31.2 Å². The van der Waals surface area contributed by atoms with E-state index in [2.05, 4.69) is 20.8 Å². The monoisotopic (exact) mass is 376 g/mol. The van der Waals surface area contributed by atoms with Gasteiger partial charge in [0.25, 0.3) is 0 Å². The third kappa shape index (κ3) is 5.18. The number of hydrogen-bond acceptors (Lipinski definition) is 6. The molecule has 2 aromatic heterocycles. The molecule has 0 atom stereocenters. The minimum Gasteiger partial charge on any atom is -0.472 e. The van der Waals surface area contributed by atoms with Gasteiger partial charge in [0.15, 0.2) is 0 Å². The molecule has 0 unspecified atom stereocenters. The number of carbonyl (C=O) groups excluding carboxylic acids is 1. The second kappa shape index (κ2) is 9.74. The number of aryl methyl sites for hydroxylation is 1. The molecule has 0 fully saturated rings. The fraction of sp³-hybridized carbons (Fsp3) is 0.278. The summed E-state index contributed by atoms with van der Waals surface area (Å²) in [6.45, 7) is 3.63. The SMILES string of the molecule is CCNCc1ccccc1NC(=O)CCc1nc(-c2ccoc2)no1.Cl. The summed E-state index contributed by atoms with van der Waals surface area (Å²) in [4.78, 5) is 16.5. The molecule has 0 saturated heterocycles. The first-order valence-corrected chi connectivity index (χ1v) is 8.20. The summed E-state index contributed by atoms with van der Waals surface area (Å²) in [7, 11) is 0. The maximum Gasteiger partial charge on any atom is 0.227 e. The third-order valence-corrected chi connectivity index (χ3v) is 3.67. The number of nitrogens with one attached hydrogen (secondary N) is 2. The van der Waals surface area contributed by atoms with Crippen LogP contribution in [0.25, 0.3) is 11.4 Å². The van der Waals surface area contributed by atoms with Crippen molar-refractivity contribution in [2.24, 2.45) is 0 Å². The van der Waals surface area contributed by atoms with Gasteiger partial charge in [0.05, 0.1) is 11.8 Å². The van der Waals surface area contributed by atoms with Crippen molar-refractivity contribution in [2.75, 3.05) is 11.9 Å². The Kier molecular flexibility index (Phi) is 7.37. The molecule has 2 heterocycles. The fourth-order valence-electron chi connectivity index (χ4n) is 2.35. The number of furan rings is 1. The van der Waals surface area contributed by atoms with E-state index in [1.54, 1.807) is 18.6 Å². The molecule has 1 amide bonds. The van der Waals surface area contributed by atoms with Crippen LogP contribution in [0.3, 0.4) is 0 Å². The number of rotatable bonds is 8. The van der Waals surface area contributed by atoms with Crippen molar-refractivity contribution < 1.29 is 13.7 Å². The number of anilines is 1. The van der Waals surface area contributed by atoms with Crippen LogP contribution in [0.2, 0.25) is 0 Å². The summed E-state index contributed by atoms with van der Waals surface area (Å²) >= 11 is 0. The van der Waals surface area contributed by atoms with E-state index in [1.165, 1.54) is 0 Å². The maximum atomic E-state index is 12.2. The summed E-state index contributed by atoms with van der Waals surface area (Å²) in [5.41, 5.74) is 2.62. The average molecular weight is 377 g/mol. The Hall–Kier alpha value is -2.64. The van der Waals surface area contributed by atoms with Gasteiger partial charge in [-0.15, -0.1) is 12.4 Å². The second-order valence-electron chi connectivity index (χ2n) is 5.51. The van der Waals surface area contributed by atoms with Gasteiger partial charge in [-0.2, -0.15) is 4.98 Å². The summed E-state index contributed by atoms with van der Waals surface area (Å²) < 4.78 is 10.2. The molecule has 3 aromatic rings. The van der Waals surface area contributed by atoms with E-state index >= 15 is 0 Å². The van der Waals surface area contributed by atoms with Gasteiger partial charge in [0.1, 0.15) is 6.26 Å². The molecular weight excluding hydrogens is 356 g/mol. The number of amides is 1. The molecule has 2 N–H and O–H groups in total. The molecule has 1 aromatic carbocycles. The normalized spacial score (nSPS) is 10.3. The smallest absolute Gasteiger partial charge is 0.227 e. The van der Waals surface area contributed by atoms with Crippen LogP contribution in [0.5, 0.6) is 0 Å². The highest BCUT2D eigenvalue weighted by atomic mass is 35.5. The van der Waals surface area contributed by atoms with Crippen LogP contribution < -0.4 is 10.6 Å². The lowest BCUT2D eigenvalue weighted by molar-refractivity contribution is -0.116. The Morgan fingerprint density at radius 3 is 2.85 bits per heavy atom. The molecule has 3 rings (SSSR count). The van der Waals surface area contributed by atoms with Gasteiger partial charge in [-0.05, 0) is 24.2 Å². The van der Waals surface area contributed by atoms with Crippen LogP contribution in [0.4, 0.5) is 5.69 Å². The largest absolute Gasteiger partial charge is 0.472 e. The fourth-order valence-corrected chi connectivity index (χ4v) is 2.35. The Bertz CT molecular complexity index is 817. The number of carbonyl (C=O) groups is 1. The number of aromatic nitrogens is 2. The van der Waals surface area contributed by atoms with Crippen LogP contribution in [0.15, 0.2) is 51.8 Å². The number of benzene rings is 1. The molecule has 0 radical (unpaired) electrons. The third-order valence-electron chi connectivity index (χ3n) is 3.67. The molecule has 0 spiro atoms. The van der Waals surface area contributed by atoms with Crippen LogP contribution >= 0.6 is 12.4 Å². The Morgan fingerprint density at radius 1 is 1.23 bits per heavy atom. The maximum absolute atomic E-state index is 12.2. The van der Waals surface area contributed by atoms with Crippen molar-refractivity contribution in [3.63, 3.8) is 0 Å². The highest BCUT2D eigenvalue weighted by Crippen LogP contribution is 2.17. The Morgan fingerprint density at radius 2 is 2.08 bits per heavy atom. The lowest BCUT2D eigenvalue weighted by atomic mass is 10.1. The zero-order valence-electron chi connectivity index (χ0n) is 14.4. The van der Waals surface area contributed by atoms with Gasteiger partial charge >= 0.3 is 0 Å².